The fourth-order valence-corrected chi connectivity index (χ4v) is 5.40. The summed E-state index contributed by atoms with van der Waals surface area (Å²) >= 11 is 0. The minimum atomic E-state index is -1.61. The first-order valence-corrected chi connectivity index (χ1v) is 14.3. The summed E-state index contributed by atoms with van der Waals surface area (Å²) in [7, 11) is 4.37. The average Bonchev–Trinajstić information content (AvgIpc) is 3.42. The number of ether oxygens (including phenoxy) is 7. The Balaban J connectivity index is 1.74. The fourth-order valence-electron chi connectivity index (χ4n) is 5.40. The van der Waals surface area contributed by atoms with E-state index in [2.05, 4.69) is 0 Å². The Hall–Kier alpha value is -2.92. The lowest BCUT2D eigenvalue weighted by Crippen LogP contribution is -2.59. The summed E-state index contributed by atoms with van der Waals surface area (Å²) in [6, 6.07) is 7.09. The highest BCUT2D eigenvalue weighted by molar-refractivity contribution is 5.58. The van der Waals surface area contributed by atoms with Gasteiger partial charge < -0.3 is 68.9 Å². The van der Waals surface area contributed by atoms with E-state index in [0.29, 0.717) is 35.5 Å². The Bertz CT molecular complexity index is 1190. The van der Waals surface area contributed by atoms with Crippen molar-refractivity contribution in [3.63, 3.8) is 0 Å². The van der Waals surface area contributed by atoms with E-state index < -0.39 is 68.7 Å². The summed E-state index contributed by atoms with van der Waals surface area (Å²) < 4.78 is 40.6. The van der Waals surface area contributed by atoms with Crippen molar-refractivity contribution in [3.05, 3.63) is 41.0 Å². The molecule has 1 saturated heterocycles. The molecular formula is C30H42O14. The van der Waals surface area contributed by atoms with Crippen LogP contribution in [0.3, 0.4) is 0 Å². The molecule has 2 aliphatic heterocycles. The Morgan fingerprint density at radius 2 is 1.48 bits per heavy atom. The molecule has 2 aromatic carbocycles. The molecule has 0 aromatic heterocycles. The van der Waals surface area contributed by atoms with Gasteiger partial charge in [0.2, 0.25) is 5.75 Å². The standard InChI is InChI=1S/C30H42O14/c1-38-20-8-15(5-4-6-31)7-18-19(14-41-30-26(37)25(36)24(35)23(13-34)43-30)27(44-28(18)20)16-9-21(39-2)29(22(10-16)40-3)42-17(11-32)12-33/h7-10,17,19,23-27,30-37H,4-6,11-14H2,1-3H3/t19-,23+,24+,25-,26+,27+,30+/m0/s1. The molecule has 2 aliphatic rings. The molecule has 0 amide bonds. The van der Waals surface area contributed by atoms with E-state index in [1.807, 2.05) is 12.1 Å². The van der Waals surface area contributed by atoms with Crippen molar-refractivity contribution < 1.29 is 68.9 Å². The van der Waals surface area contributed by atoms with Gasteiger partial charge in [-0.15, -0.1) is 0 Å². The van der Waals surface area contributed by atoms with Crippen LogP contribution in [0.1, 0.15) is 35.1 Å². The number of rotatable bonds is 15. The van der Waals surface area contributed by atoms with Crippen LogP contribution in [0.2, 0.25) is 0 Å². The molecule has 4 rings (SSSR count). The van der Waals surface area contributed by atoms with Gasteiger partial charge in [0.15, 0.2) is 29.3 Å². The van der Waals surface area contributed by atoms with Crippen LogP contribution in [-0.4, -0.2) is 127 Å². The topological polar surface area (TPSA) is 206 Å². The lowest BCUT2D eigenvalue weighted by Gasteiger charge is -2.40. The van der Waals surface area contributed by atoms with Gasteiger partial charge >= 0.3 is 0 Å². The van der Waals surface area contributed by atoms with Crippen molar-refractivity contribution in [2.45, 2.75) is 61.7 Å². The van der Waals surface area contributed by atoms with Gasteiger partial charge in [0.25, 0.3) is 0 Å². The zero-order chi connectivity index (χ0) is 32.0. The van der Waals surface area contributed by atoms with Gasteiger partial charge in [-0.3, -0.25) is 0 Å². The van der Waals surface area contributed by atoms with Crippen molar-refractivity contribution in [1.82, 2.24) is 0 Å². The molecule has 1 fully saturated rings. The molecule has 0 bridgehead atoms. The number of hydrogen-bond acceptors (Lipinski definition) is 14. The summed E-state index contributed by atoms with van der Waals surface area (Å²) in [6.07, 6.45) is -7.82. The monoisotopic (exact) mass is 626 g/mol. The predicted octanol–water partition coefficient (Wildman–Crippen LogP) is -0.597. The van der Waals surface area contributed by atoms with Crippen molar-refractivity contribution in [2.24, 2.45) is 0 Å². The van der Waals surface area contributed by atoms with E-state index in [-0.39, 0.29) is 30.5 Å². The van der Waals surface area contributed by atoms with E-state index in [0.717, 1.165) is 5.56 Å². The molecule has 14 heteroatoms. The normalized spacial score (nSPS) is 26.3. The van der Waals surface area contributed by atoms with Crippen molar-refractivity contribution in [3.8, 4) is 28.7 Å². The van der Waals surface area contributed by atoms with Crippen LogP contribution >= 0.6 is 0 Å². The van der Waals surface area contributed by atoms with Crippen LogP contribution in [0.25, 0.3) is 0 Å². The summed E-state index contributed by atoms with van der Waals surface area (Å²) in [5.41, 5.74) is 2.17. The maximum Gasteiger partial charge on any atom is 0.204 e. The zero-order valence-corrected chi connectivity index (χ0v) is 24.9. The van der Waals surface area contributed by atoms with Gasteiger partial charge in [0, 0.05) is 17.7 Å². The Morgan fingerprint density at radius 3 is 2.05 bits per heavy atom. The quantitative estimate of drug-likeness (QED) is 0.132. The number of benzene rings is 2. The van der Waals surface area contributed by atoms with E-state index in [1.54, 1.807) is 12.1 Å². The zero-order valence-electron chi connectivity index (χ0n) is 24.9. The third kappa shape index (κ3) is 6.98. The van der Waals surface area contributed by atoms with E-state index in [9.17, 15) is 35.7 Å². The number of aliphatic hydroxyl groups excluding tert-OH is 7. The number of hydrogen-bond donors (Lipinski definition) is 7. The molecule has 246 valence electrons. The Labute approximate surface area is 254 Å². The first-order valence-electron chi connectivity index (χ1n) is 14.3. The molecule has 0 unspecified atom stereocenters. The highest BCUT2D eigenvalue weighted by Gasteiger charge is 2.46. The molecule has 14 nitrogen and oxygen atoms in total. The number of methoxy groups -OCH3 is 3. The Kier molecular flexibility index (Phi) is 11.9. The third-order valence-corrected chi connectivity index (χ3v) is 7.79. The predicted molar refractivity (Wildman–Crippen MR) is 152 cm³/mol. The fraction of sp³-hybridized carbons (Fsp3) is 0.600. The highest BCUT2D eigenvalue weighted by atomic mass is 16.7. The second kappa shape index (κ2) is 15.4. The molecule has 44 heavy (non-hydrogen) atoms. The maximum absolute atomic E-state index is 10.6. The first kappa shape index (κ1) is 34.0. The summed E-state index contributed by atoms with van der Waals surface area (Å²) in [5.74, 6) is 1.02. The lowest BCUT2D eigenvalue weighted by atomic mass is 9.89. The van der Waals surface area contributed by atoms with E-state index in [1.165, 1.54) is 21.3 Å². The minimum absolute atomic E-state index is 0.00357. The van der Waals surface area contributed by atoms with Crippen molar-refractivity contribution in [2.75, 3.05) is 54.4 Å². The van der Waals surface area contributed by atoms with Gasteiger partial charge in [0.05, 0.1) is 53.7 Å². The molecule has 0 radical (unpaired) electrons. The molecule has 0 saturated carbocycles. The minimum Gasteiger partial charge on any atom is -0.493 e. The average molecular weight is 627 g/mol. The van der Waals surface area contributed by atoms with E-state index >= 15 is 0 Å². The molecule has 0 spiro atoms. The van der Waals surface area contributed by atoms with Crippen LogP contribution in [0, 0.1) is 0 Å². The highest BCUT2D eigenvalue weighted by Crippen LogP contribution is 2.53. The molecule has 2 heterocycles. The third-order valence-electron chi connectivity index (χ3n) is 7.79. The van der Waals surface area contributed by atoms with Crippen LogP contribution in [0.5, 0.6) is 28.7 Å². The molecule has 2 aromatic rings. The molecular weight excluding hydrogens is 584 g/mol. The van der Waals surface area contributed by atoms with Gasteiger partial charge in [-0.25, -0.2) is 0 Å². The summed E-state index contributed by atoms with van der Waals surface area (Å²) in [5, 5.41) is 69.1. The maximum atomic E-state index is 10.6. The number of aliphatic hydroxyl groups is 7. The molecule has 7 N–H and O–H groups in total. The second-order valence-electron chi connectivity index (χ2n) is 10.6. The lowest BCUT2D eigenvalue weighted by molar-refractivity contribution is -0.302. The van der Waals surface area contributed by atoms with Gasteiger partial charge in [0.1, 0.15) is 36.6 Å². The smallest absolute Gasteiger partial charge is 0.204 e. The van der Waals surface area contributed by atoms with Crippen molar-refractivity contribution in [1.29, 1.82) is 0 Å². The van der Waals surface area contributed by atoms with Crippen molar-refractivity contribution >= 4 is 0 Å². The van der Waals surface area contributed by atoms with Crippen LogP contribution < -0.4 is 23.7 Å². The second-order valence-corrected chi connectivity index (χ2v) is 10.6. The molecule has 0 aliphatic carbocycles. The van der Waals surface area contributed by atoms with E-state index in [4.69, 9.17) is 33.2 Å². The summed E-state index contributed by atoms with van der Waals surface area (Å²) in [4.78, 5) is 0. The summed E-state index contributed by atoms with van der Waals surface area (Å²) in [6.45, 7) is -1.59. The van der Waals surface area contributed by atoms with Crippen LogP contribution in [-0.2, 0) is 15.9 Å². The first-order chi connectivity index (χ1) is 21.2. The van der Waals surface area contributed by atoms with Crippen LogP contribution in [0.15, 0.2) is 24.3 Å². The Morgan fingerprint density at radius 1 is 0.818 bits per heavy atom. The molecule has 7 atom stereocenters. The SMILES string of the molecule is COc1cc([C@H]2Oc3c(OC)cc(CCCO)cc3[C@@H]2CO[C@@H]2O[C@H](CO)[C@@H](O)[C@H](O)[C@H]2O)cc(OC)c1OC(CO)CO. The van der Waals surface area contributed by atoms with Crippen LogP contribution in [0.4, 0.5) is 0 Å². The van der Waals surface area contributed by atoms with Gasteiger partial charge in [-0.2, -0.15) is 0 Å². The number of fused-ring (bicyclic) bond motifs is 1. The van der Waals surface area contributed by atoms with Gasteiger partial charge in [-0.05, 0) is 36.6 Å². The van der Waals surface area contributed by atoms with Gasteiger partial charge in [-0.1, -0.05) is 6.07 Å². The number of aryl methyl sites for hydroxylation is 1. The largest absolute Gasteiger partial charge is 0.493 e.